The van der Waals surface area contributed by atoms with Gasteiger partial charge in [0.05, 0.1) is 17.5 Å². The molecule has 3 heterocycles. The van der Waals surface area contributed by atoms with E-state index in [0.29, 0.717) is 17.7 Å². The monoisotopic (exact) mass is 457 g/mol. The molecular formula is C26H20FN3O4. The van der Waals surface area contributed by atoms with Gasteiger partial charge in [-0.25, -0.2) is 9.29 Å². The summed E-state index contributed by atoms with van der Waals surface area (Å²) in [6.07, 6.45) is 0.370. The van der Waals surface area contributed by atoms with E-state index in [0.717, 1.165) is 10.5 Å². The first kappa shape index (κ1) is 20.6. The Kier molecular flexibility index (Phi) is 4.37. The van der Waals surface area contributed by atoms with E-state index in [4.69, 9.17) is 0 Å². The van der Waals surface area contributed by atoms with Crippen molar-refractivity contribution in [1.82, 2.24) is 5.32 Å². The van der Waals surface area contributed by atoms with Gasteiger partial charge < -0.3 is 10.4 Å². The molecule has 6 rings (SSSR count). The SMILES string of the molecule is O=C1[C@@H]2[C@H](Cc3ccc(O)cc3)N[C@@]3(C(=O)Nc4ccccc43)[C@H]2C(=O)N1c1ccc(F)cc1. The van der Waals surface area contributed by atoms with Crippen molar-refractivity contribution < 1.29 is 23.9 Å². The van der Waals surface area contributed by atoms with Crippen LogP contribution in [0.15, 0.2) is 72.8 Å². The molecule has 0 radical (unpaired) electrons. The second kappa shape index (κ2) is 7.23. The Hall–Kier alpha value is -4.04. The maximum atomic E-state index is 13.8. The van der Waals surface area contributed by atoms with E-state index >= 15 is 0 Å². The number of rotatable bonds is 3. The molecule has 1 spiro atoms. The number of imide groups is 1. The van der Waals surface area contributed by atoms with Crippen LogP contribution in [0.2, 0.25) is 0 Å². The zero-order chi connectivity index (χ0) is 23.6. The van der Waals surface area contributed by atoms with Crippen LogP contribution in [0.1, 0.15) is 11.1 Å². The average molecular weight is 457 g/mol. The first-order valence-electron chi connectivity index (χ1n) is 11.0. The van der Waals surface area contributed by atoms with Crippen molar-refractivity contribution in [1.29, 1.82) is 0 Å². The summed E-state index contributed by atoms with van der Waals surface area (Å²) in [6.45, 7) is 0. The summed E-state index contributed by atoms with van der Waals surface area (Å²) in [4.78, 5) is 42.0. The largest absolute Gasteiger partial charge is 0.508 e. The number of carbonyl (C=O) groups is 3. The molecule has 7 nitrogen and oxygen atoms in total. The molecule has 2 fully saturated rings. The number of fused-ring (bicyclic) bond motifs is 4. The fourth-order valence-electron chi connectivity index (χ4n) is 5.66. The Morgan fingerprint density at radius 3 is 2.35 bits per heavy atom. The number of hydrogen-bond donors (Lipinski definition) is 3. The molecule has 34 heavy (non-hydrogen) atoms. The first-order valence-corrected chi connectivity index (χ1v) is 11.0. The van der Waals surface area contributed by atoms with Crippen molar-refractivity contribution in [3.63, 3.8) is 0 Å². The molecule has 3 N–H and O–H groups in total. The Labute approximate surface area is 194 Å². The number of amides is 3. The van der Waals surface area contributed by atoms with Crippen LogP contribution in [0.3, 0.4) is 0 Å². The number of hydrogen-bond acceptors (Lipinski definition) is 5. The topological polar surface area (TPSA) is 98.7 Å². The van der Waals surface area contributed by atoms with Gasteiger partial charge in [0.2, 0.25) is 17.7 Å². The van der Waals surface area contributed by atoms with Crippen LogP contribution in [0.25, 0.3) is 0 Å². The quantitative estimate of drug-likeness (QED) is 0.526. The van der Waals surface area contributed by atoms with E-state index in [-0.39, 0.29) is 17.3 Å². The Balaban J connectivity index is 1.48. The number of nitrogens with zero attached hydrogens (tertiary/aromatic N) is 1. The Morgan fingerprint density at radius 1 is 0.912 bits per heavy atom. The molecule has 3 aliphatic rings. The molecule has 3 amide bonds. The maximum absolute atomic E-state index is 13.8. The predicted octanol–water partition coefficient (Wildman–Crippen LogP) is 2.70. The number of phenolic OH excluding ortho intramolecular Hbond substituents is 1. The molecule has 3 aliphatic heterocycles. The van der Waals surface area contributed by atoms with Crippen LogP contribution in [0, 0.1) is 17.7 Å². The lowest BCUT2D eigenvalue weighted by molar-refractivity contribution is -0.130. The summed E-state index contributed by atoms with van der Waals surface area (Å²) < 4.78 is 13.5. The second-order valence-electron chi connectivity index (χ2n) is 8.92. The number of benzene rings is 3. The number of para-hydroxylation sites is 1. The number of phenols is 1. The molecule has 0 aliphatic carbocycles. The van der Waals surface area contributed by atoms with Crippen molar-refractivity contribution in [2.45, 2.75) is 18.0 Å². The molecular weight excluding hydrogens is 437 g/mol. The Morgan fingerprint density at radius 2 is 1.62 bits per heavy atom. The van der Waals surface area contributed by atoms with Gasteiger partial charge in [-0.2, -0.15) is 0 Å². The number of anilines is 2. The van der Waals surface area contributed by atoms with Gasteiger partial charge in [-0.05, 0) is 54.4 Å². The maximum Gasteiger partial charge on any atom is 0.250 e. The van der Waals surface area contributed by atoms with Crippen molar-refractivity contribution in [2.75, 3.05) is 10.2 Å². The van der Waals surface area contributed by atoms with Gasteiger partial charge >= 0.3 is 0 Å². The van der Waals surface area contributed by atoms with Gasteiger partial charge in [0.25, 0.3) is 0 Å². The highest BCUT2D eigenvalue weighted by Gasteiger charge is 2.70. The van der Waals surface area contributed by atoms with Crippen LogP contribution in [0.4, 0.5) is 15.8 Å². The Bertz CT molecular complexity index is 1340. The zero-order valence-corrected chi connectivity index (χ0v) is 17.9. The smallest absolute Gasteiger partial charge is 0.250 e. The van der Waals surface area contributed by atoms with Crippen LogP contribution in [-0.2, 0) is 26.3 Å². The van der Waals surface area contributed by atoms with Gasteiger partial charge in [-0.1, -0.05) is 30.3 Å². The standard InChI is InChI=1S/C26H20FN3O4/c27-15-7-9-16(10-8-15)30-23(32)21-20(13-14-5-11-17(31)12-6-14)29-26(22(21)24(30)33)18-3-1-2-4-19(18)28-25(26)34/h1-12,20-22,29,31H,13H2,(H,28,34)/t20-,21+,22+,26+/m0/s1. The fourth-order valence-corrected chi connectivity index (χ4v) is 5.66. The summed E-state index contributed by atoms with van der Waals surface area (Å²) in [6, 6.07) is 18.4. The zero-order valence-electron chi connectivity index (χ0n) is 17.9. The van der Waals surface area contributed by atoms with Crippen molar-refractivity contribution in [2.24, 2.45) is 11.8 Å². The molecule has 0 saturated carbocycles. The van der Waals surface area contributed by atoms with E-state index in [9.17, 15) is 23.9 Å². The molecule has 3 aromatic carbocycles. The molecule has 2 saturated heterocycles. The summed E-state index contributed by atoms with van der Waals surface area (Å²) in [5.41, 5.74) is 0.953. The second-order valence-corrected chi connectivity index (χ2v) is 8.92. The average Bonchev–Trinajstić information content (AvgIpc) is 3.41. The number of nitrogens with one attached hydrogen (secondary N) is 2. The van der Waals surface area contributed by atoms with Crippen LogP contribution >= 0.6 is 0 Å². The summed E-state index contributed by atoms with van der Waals surface area (Å²) in [5.74, 6) is -3.41. The van der Waals surface area contributed by atoms with E-state index in [1.807, 2.05) is 0 Å². The number of aromatic hydroxyl groups is 1. The van der Waals surface area contributed by atoms with Gasteiger partial charge in [-0.15, -0.1) is 0 Å². The minimum Gasteiger partial charge on any atom is -0.508 e. The van der Waals surface area contributed by atoms with Crippen molar-refractivity contribution >= 4 is 29.1 Å². The minimum atomic E-state index is -1.40. The summed E-state index contributed by atoms with van der Waals surface area (Å²) in [7, 11) is 0. The van der Waals surface area contributed by atoms with Gasteiger partial charge in [0, 0.05) is 17.3 Å². The molecule has 170 valence electrons. The lowest BCUT2D eigenvalue weighted by atomic mass is 9.76. The molecule has 3 aromatic rings. The third kappa shape index (κ3) is 2.75. The summed E-state index contributed by atoms with van der Waals surface area (Å²) in [5, 5.41) is 15.9. The van der Waals surface area contributed by atoms with Crippen LogP contribution < -0.4 is 15.5 Å². The van der Waals surface area contributed by atoms with Crippen molar-refractivity contribution in [3.8, 4) is 5.75 Å². The fraction of sp³-hybridized carbons (Fsp3) is 0.192. The minimum absolute atomic E-state index is 0.121. The molecule has 0 aromatic heterocycles. The van der Waals surface area contributed by atoms with E-state index in [1.54, 1.807) is 48.5 Å². The van der Waals surface area contributed by atoms with E-state index in [2.05, 4.69) is 10.6 Å². The van der Waals surface area contributed by atoms with E-state index in [1.165, 1.54) is 24.3 Å². The van der Waals surface area contributed by atoms with Crippen LogP contribution in [0.5, 0.6) is 5.75 Å². The van der Waals surface area contributed by atoms with Crippen molar-refractivity contribution in [3.05, 3.63) is 89.7 Å². The predicted molar refractivity (Wildman–Crippen MR) is 121 cm³/mol. The first-order chi connectivity index (χ1) is 16.4. The molecule has 8 heteroatoms. The third-order valence-corrected chi connectivity index (χ3v) is 7.10. The third-order valence-electron chi connectivity index (χ3n) is 7.10. The van der Waals surface area contributed by atoms with Gasteiger partial charge in [-0.3, -0.25) is 19.7 Å². The normalized spacial score (nSPS) is 27.3. The highest BCUT2D eigenvalue weighted by atomic mass is 19.1. The van der Waals surface area contributed by atoms with Gasteiger partial charge in [0.15, 0.2) is 0 Å². The highest BCUT2D eigenvalue weighted by molar-refractivity contribution is 6.25. The van der Waals surface area contributed by atoms with Gasteiger partial charge in [0.1, 0.15) is 17.1 Å². The highest BCUT2D eigenvalue weighted by Crippen LogP contribution is 2.53. The molecule has 0 bridgehead atoms. The lowest BCUT2D eigenvalue weighted by Crippen LogP contribution is -2.53. The number of carbonyl (C=O) groups excluding carboxylic acids is 3. The summed E-state index contributed by atoms with van der Waals surface area (Å²) >= 11 is 0. The molecule has 0 unspecified atom stereocenters. The lowest BCUT2D eigenvalue weighted by Gasteiger charge is -2.29. The molecule has 4 atom stereocenters. The number of halogens is 1. The van der Waals surface area contributed by atoms with E-state index < -0.39 is 41.0 Å². The van der Waals surface area contributed by atoms with Crippen LogP contribution in [-0.4, -0.2) is 28.9 Å².